The van der Waals surface area contributed by atoms with E-state index in [0.717, 1.165) is 0 Å². The van der Waals surface area contributed by atoms with Gasteiger partial charge >= 0.3 is 0 Å². The van der Waals surface area contributed by atoms with Crippen molar-refractivity contribution in [2.45, 2.75) is 25.4 Å². The van der Waals surface area contributed by atoms with Gasteiger partial charge in [0.15, 0.2) is 0 Å². The Hall–Kier alpha value is -0.570. The Morgan fingerprint density at radius 1 is 1.40 bits per heavy atom. The molecule has 3 heteroatoms. The molecule has 0 amide bonds. The van der Waals surface area contributed by atoms with E-state index in [0.29, 0.717) is 12.6 Å². The van der Waals surface area contributed by atoms with E-state index in [4.69, 9.17) is 9.53 Å². The number of methoxy groups -OCH3 is 2. The predicted molar refractivity (Wildman–Crippen MR) is 37.7 cm³/mol. The molecule has 0 aromatic carbocycles. The minimum absolute atomic E-state index is 0.375. The largest absolute Gasteiger partial charge is 0.471 e. The summed E-state index contributed by atoms with van der Waals surface area (Å²) in [6.07, 6.45) is 4.57. The maximum atomic E-state index is 8.95. The predicted octanol–water partition coefficient (Wildman–Crippen LogP) is 0.974. The standard InChI is InChI=1S/C5H10O.C2H4O2/c1-6-5-3-2-4-5;1-4-2-3/h5H,2-4H2,1H3;2H,1H3. The molecule has 0 aromatic rings. The molecule has 0 saturated heterocycles. The van der Waals surface area contributed by atoms with Crippen molar-refractivity contribution in [2.24, 2.45) is 0 Å². The monoisotopic (exact) mass is 146 g/mol. The quantitative estimate of drug-likeness (QED) is 0.545. The third-order valence-electron chi connectivity index (χ3n) is 1.48. The molecule has 0 aromatic heterocycles. The number of carbonyl (C=O) groups is 1. The van der Waals surface area contributed by atoms with Crippen LogP contribution in [0.15, 0.2) is 0 Å². The van der Waals surface area contributed by atoms with Crippen molar-refractivity contribution < 1.29 is 14.3 Å². The average molecular weight is 146 g/mol. The zero-order valence-corrected chi connectivity index (χ0v) is 6.50. The summed E-state index contributed by atoms with van der Waals surface area (Å²) in [6, 6.07) is 0. The molecular weight excluding hydrogens is 132 g/mol. The third-order valence-corrected chi connectivity index (χ3v) is 1.48. The molecule has 0 heterocycles. The second kappa shape index (κ2) is 6.55. The normalized spacial score (nSPS) is 16.2. The van der Waals surface area contributed by atoms with E-state index < -0.39 is 0 Å². The van der Waals surface area contributed by atoms with Crippen LogP contribution >= 0.6 is 0 Å². The summed E-state index contributed by atoms with van der Waals surface area (Å²) in [5.74, 6) is 0. The van der Waals surface area contributed by atoms with Crippen LogP contribution in [-0.2, 0) is 14.3 Å². The fourth-order valence-corrected chi connectivity index (χ4v) is 0.606. The Bertz CT molecular complexity index is 76.2. The van der Waals surface area contributed by atoms with Gasteiger partial charge in [0, 0.05) is 7.11 Å². The molecule has 1 fully saturated rings. The molecule has 3 nitrogen and oxygen atoms in total. The van der Waals surface area contributed by atoms with Gasteiger partial charge in [0.05, 0.1) is 13.2 Å². The Kier molecular flexibility index (Phi) is 6.18. The molecule has 0 radical (unpaired) electrons. The molecule has 0 atom stereocenters. The lowest BCUT2D eigenvalue weighted by Gasteiger charge is -2.22. The Morgan fingerprint density at radius 2 is 1.90 bits per heavy atom. The van der Waals surface area contributed by atoms with E-state index in [2.05, 4.69) is 4.74 Å². The smallest absolute Gasteiger partial charge is 0.292 e. The van der Waals surface area contributed by atoms with Crippen LogP contribution in [0.5, 0.6) is 0 Å². The summed E-state index contributed by atoms with van der Waals surface area (Å²) in [6.45, 7) is 0.375. The second-order valence-electron chi connectivity index (χ2n) is 2.12. The highest BCUT2D eigenvalue weighted by Crippen LogP contribution is 2.20. The van der Waals surface area contributed by atoms with E-state index in [-0.39, 0.29) is 0 Å². The molecule has 1 saturated carbocycles. The van der Waals surface area contributed by atoms with Crippen molar-refractivity contribution in [3.8, 4) is 0 Å². The second-order valence-corrected chi connectivity index (χ2v) is 2.12. The fourth-order valence-electron chi connectivity index (χ4n) is 0.606. The molecule has 1 rings (SSSR count). The summed E-state index contributed by atoms with van der Waals surface area (Å²) in [5.41, 5.74) is 0. The molecule has 10 heavy (non-hydrogen) atoms. The van der Waals surface area contributed by atoms with Gasteiger partial charge in [0.25, 0.3) is 6.47 Å². The van der Waals surface area contributed by atoms with E-state index >= 15 is 0 Å². The van der Waals surface area contributed by atoms with Crippen molar-refractivity contribution in [1.29, 1.82) is 0 Å². The number of carbonyl (C=O) groups excluding carboxylic acids is 1. The lowest BCUT2D eigenvalue weighted by Crippen LogP contribution is -2.18. The van der Waals surface area contributed by atoms with Gasteiger partial charge in [-0.1, -0.05) is 0 Å². The van der Waals surface area contributed by atoms with Gasteiger partial charge in [-0.2, -0.15) is 0 Å². The first-order valence-corrected chi connectivity index (χ1v) is 3.34. The Morgan fingerprint density at radius 3 is 1.90 bits per heavy atom. The summed E-state index contributed by atoms with van der Waals surface area (Å²) in [7, 11) is 3.09. The van der Waals surface area contributed by atoms with Crippen molar-refractivity contribution in [3.05, 3.63) is 0 Å². The van der Waals surface area contributed by atoms with Gasteiger partial charge < -0.3 is 9.47 Å². The van der Waals surface area contributed by atoms with Gasteiger partial charge in [0.1, 0.15) is 0 Å². The van der Waals surface area contributed by atoms with Gasteiger partial charge in [-0.25, -0.2) is 0 Å². The van der Waals surface area contributed by atoms with E-state index in [1.807, 2.05) is 0 Å². The first-order chi connectivity index (χ1) is 4.85. The minimum atomic E-state index is 0.375. The molecule has 60 valence electrons. The lowest BCUT2D eigenvalue weighted by atomic mass is 9.96. The lowest BCUT2D eigenvalue weighted by molar-refractivity contribution is -0.126. The van der Waals surface area contributed by atoms with E-state index in [9.17, 15) is 0 Å². The molecule has 0 spiro atoms. The summed E-state index contributed by atoms with van der Waals surface area (Å²) >= 11 is 0. The van der Waals surface area contributed by atoms with Crippen LogP contribution < -0.4 is 0 Å². The molecule has 0 aliphatic heterocycles. The molecule has 0 N–H and O–H groups in total. The third kappa shape index (κ3) is 4.32. The molecule has 0 bridgehead atoms. The summed E-state index contributed by atoms with van der Waals surface area (Å²) < 4.78 is 8.85. The molecular formula is C7H14O3. The molecule has 0 unspecified atom stereocenters. The van der Waals surface area contributed by atoms with Crippen LogP contribution in [0.3, 0.4) is 0 Å². The first kappa shape index (κ1) is 9.43. The van der Waals surface area contributed by atoms with Crippen molar-refractivity contribution >= 4 is 6.47 Å². The van der Waals surface area contributed by atoms with Crippen molar-refractivity contribution in [3.63, 3.8) is 0 Å². The highest BCUT2D eigenvalue weighted by atomic mass is 16.5. The SMILES string of the molecule is COC1CCC1.COC=O. The fraction of sp³-hybridized carbons (Fsp3) is 0.857. The van der Waals surface area contributed by atoms with Crippen LogP contribution in [0.4, 0.5) is 0 Å². The minimum Gasteiger partial charge on any atom is -0.471 e. The zero-order valence-electron chi connectivity index (χ0n) is 6.50. The number of rotatable bonds is 2. The van der Waals surface area contributed by atoms with Crippen molar-refractivity contribution in [2.75, 3.05) is 14.2 Å². The van der Waals surface area contributed by atoms with Gasteiger partial charge in [0.2, 0.25) is 0 Å². The number of hydrogen-bond acceptors (Lipinski definition) is 3. The molecule has 1 aliphatic carbocycles. The van der Waals surface area contributed by atoms with Gasteiger partial charge in [-0.15, -0.1) is 0 Å². The zero-order chi connectivity index (χ0) is 7.82. The summed E-state index contributed by atoms with van der Waals surface area (Å²) in [5, 5.41) is 0. The highest BCUT2D eigenvalue weighted by Gasteiger charge is 2.14. The van der Waals surface area contributed by atoms with Crippen LogP contribution in [0.25, 0.3) is 0 Å². The number of ether oxygens (including phenoxy) is 2. The van der Waals surface area contributed by atoms with Crippen LogP contribution in [0, 0.1) is 0 Å². The van der Waals surface area contributed by atoms with Crippen LogP contribution in [0.2, 0.25) is 0 Å². The van der Waals surface area contributed by atoms with Crippen molar-refractivity contribution in [1.82, 2.24) is 0 Å². The maximum Gasteiger partial charge on any atom is 0.292 e. The van der Waals surface area contributed by atoms with Gasteiger partial charge in [-0.05, 0) is 19.3 Å². The van der Waals surface area contributed by atoms with Crippen LogP contribution in [-0.4, -0.2) is 26.8 Å². The Balaban J connectivity index is 0.000000180. The van der Waals surface area contributed by atoms with E-state index in [1.165, 1.54) is 26.4 Å². The highest BCUT2D eigenvalue weighted by molar-refractivity contribution is 5.36. The number of hydrogen-bond donors (Lipinski definition) is 0. The summed E-state index contributed by atoms with van der Waals surface area (Å²) in [4.78, 5) is 8.95. The van der Waals surface area contributed by atoms with E-state index in [1.54, 1.807) is 7.11 Å². The average Bonchev–Trinajstić information content (AvgIpc) is 1.87. The maximum absolute atomic E-state index is 8.95. The van der Waals surface area contributed by atoms with Crippen LogP contribution in [0.1, 0.15) is 19.3 Å². The van der Waals surface area contributed by atoms with Gasteiger partial charge in [-0.3, -0.25) is 4.79 Å². The Labute approximate surface area is 61.3 Å². The first-order valence-electron chi connectivity index (χ1n) is 3.34. The molecule has 1 aliphatic rings. The topological polar surface area (TPSA) is 35.5 Å².